The summed E-state index contributed by atoms with van der Waals surface area (Å²) in [6.45, 7) is 5.49. The highest BCUT2D eigenvalue weighted by molar-refractivity contribution is 7.89. The first-order valence-corrected chi connectivity index (χ1v) is 8.03. The van der Waals surface area contributed by atoms with Crippen molar-refractivity contribution in [1.82, 2.24) is 4.72 Å². The Labute approximate surface area is 119 Å². The van der Waals surface area contributed by atoms with Crippen LogP contribution in [-0.4, -0.2) is 26.2 Å². The molecule has 0 amide bonds. The maximum absolute atomic E-state index is 12.3. The number of rotatable bonds is 6. The van der Waals surface area contributed by atoms with Gasteiger partial charge in [-0.1, -0.05) is 31.5 Å². The molecule has 0 saturated heterocycles. The van der Waals surface area contributed by atoms with Crippen LogP contribution >= 0.6 is 11.6 Å². The third-order valence-electron chi connectivity index (χ3n) is 2.99. The van der Waals surface area contributed by atoms with E-state index in [0.717, 1.165) is 0 Å². The number of sulfonamides is 1. The number of benzene rings is 1. The van der Waals surface area contributed by atoms with Gasteiger partial charge in [-0.05, 0) is 37.0 Å². The predicted octanol–water partition coefficient (Wildman–Crippen LogP) is 2.33. The van der Waals surface area contributed by atoms with E-state index in [1.54, 1.807) is 19.1 Å². The van der Waals surface area contributed by atoms with Gasteiger partial charge < -0.3 is 5.11 Å². The van der Waals surface area contributed by atoms with Crippen LogP contribution in [0.25, 0.3) is 0 Å². The molecular weight excluding hydrogens is 286 g/mol. The number of aliphatic hydroxyl groups is 1. The number of aliphatic hydroxyl groups excluding tert-OH is 1. The third-order valence-corrected chi connectivity index (χ3v) is 4.86. The Morgan fingerprint density at radius 3 is 2.53 bits per heavy atom. The molecule has 1 aromatic carbocycles. The summed E-state index contributed by atoms with van der Waals surface area (Å²) in [5.74, 6) is 0.0985. The maximum atomic E-state index is 12.3. The highest BCUT2D eigenvalue weighted by Crippen LogP contribution is 2.21. The summed E-state index contributed by atoms with van der Waals surface area (Å²) in [6, 6.07) is 4.47. The highest BCUT2D eigenvalue weighted by Gasteiger charge is 2.23. The molecule has 1 unspecified atom stereocenters. The molecule has 0 fully saturated rings. The van der Waals surface area contributed by atoms with Crippen molar-refractivity contribution in [2.75, 3.05) is 6.61 Å². The summed E-state index contributed by atoms with van der Waals surface area (Å²) in [5, 5.41) is 9.38. The van der Waals surface area contributed by atoms with Gasteiger partial charge in [0.25, 0.3) is 0 Å². The monoisotopic (exact) mass is 305 g/mol. The van der Waals surface area contributed by atoms with Crippen LogP contribution in [0.2, 0.25) is 5.02 Å². The molecule has 2 N–H and O–H groups in total. The number of hydrogen-bond acceptors (Lipinski definition) is 3. The van der Waals surface area contributed by atoms with Gasteiger partial charge in [-0.15, -0.1) is 0 Å². The molecule has 0 aliphatic heterocycles. The van der Waals surface area contributed by atoms with Crippen LogP contribution in [0, 0.1) is 12.8 Å². The zero-order valence-corrected chi connectivity index (χ0v) is 12.9. The van der Waals surface area contributed by atoms with Crippen LogP contribution in [-0.2, 0) is 10.0 Å². The fraction of sp³-hybridized carbons (Fsp3) is 0.538. The van der Waals surface area contributed by atoms with Crippen molar-refractivity contribution < 1.29 is 13.5 Å². The third kappa shape index (κ3) is 4.45. The van der Waals surface area contributed by atoms with Gasteiger partial charge in [0.1, 0.15) is 0 Å². The molecule has 0 saturated carbocycles. The molecule has 0 aromatic heterocycles. The first-order chi connectivity index (χ1) is 8.77. The van der Waals surface area contributed by atoms with Crippen molar-refractivity contribution in [2.24, 2.45) is 5.92 Å². The molecule has 19 heavy (non-hydrogen) atoms. The van der Waals surface area contributed by atoms with E-state index < -0.39 is 10.0 Å². The number of nitrogens with one attached hydrogen (secondary N) is 1. The molecule has 1 aromatic rings. The molecule has 108 valence electrons. The summed E-state index contributed by atoms with van der Waals surface area (Å²) in [7, 11) is -3.63. The van der Waals surface area contributed by atoms with Crippen molar-refractivity contribution in [2.45, 2.75) is 38.1 Å². The second kappa shape index (κ2) is 6.70. The van der Waals surface area contributed by atoms with Crippen molar-refractivity contribution in [3.05, 3.63) is 28.8 Å². The zero-order valence-electron chi connectivity index (χ0n) is 11.4. The largest absolute Gasteiger partial charge is 0.396 e. The summed E-state index contributed by atoms with van der Waals surface area (Å²) in [5.41, 5.74) is 0.642. The van der Waals surface area contributed by atoms with Gasteiger partial charge in [0.05, 0.1) is 4.90 Å². The van der Waals surface area contributed by atoms with Gasteiger partial charge in [0.15, 0.2) is 0 Å². The van der Waals surface area contributed by atoms with E-state index in [4.69, 9.17) is 16.7 Å². The van der Waals surface area contributed by atoms with Crippen LogP contribution in [0.15, 0.2) is 23.1 Å². The Hall–Kier alpha value is -0.620. The number of hydrogen-bond donors (Lipinski definition) is 2. The molecule has 1 atom stereocenters. The lowest BCUT2D eigenvalue weighted by Crippen LogP contribution is -2.39. The van der Waals surface area contributed by atoms with E-state index in [2.05, 4.69) is 4.72 Å². The first-order valence-electron chi connectivity index (χ1n) is 6.17. The van der Waals surface area contributed by atoms with Gasteiger partial charge >= 0.3 is 0 Å². The van der Waals surface area contributed by atoms with E-state index >= 15 is 0 Å². The van der Waals surface area contributed by atoms with Crippen LogP contribution in [0.3, 0.4) is 0 Å². The Bertz CT molecular complexity index is 529. The normalized spacial score (nSPS) is 13.8. The molecule has 0 aliphatic rings. The quantitative estimate of drug-likeness (QED) is 0.847. The minimum atomic E-state index is -3.63. The van der Waals surface area contributed by atoms with E-state index in [9.17, 15) is 8.42 Å². The van der Waals surface area contributed by atoms with Crippen molar-refractivity contribution in [3.63, 3.8) is 0 Å². The smallest absolute Gasteiger partial charge is 0.241 e. The molecule has 4 nitrogen and oxygen atoms in total. The maximum Gasteiger partial charge on any atom is 0.241 e. The van der Waals surface area contributed by atoms with Crippen LogP contribution in [0.4, 0.5) is 0 Å². The molecular formula is C13H20ClNO3S. The lowest BCUT2D eigenvalue weighted by Gasteiger charge is -2.22. The van der Waals surface area contributed by atoms with E-state index in [1.165, 1.54) is 6.07 Å². The molecule has 0 radical (unpaired) electrons. The molecule has 1 rings (SSSR count). The predicted molar refractivity (Wildman–Crippen MR) is 76.8 cm³/mol. The Kier molecular flexibility index (Phi) is 5.80. The second-order valence-electron chi connectivity index (χ2n) is 4.89. The van der Waals surface area contributed by atoms with Crippen molar-refractivity contribution >= 4 is 21.6 Å². The lowest BCUT2D eigenvalue weighted by molar-refractivity contribution is 0.256. The summed E-state index contributed by atoms with van der Waals surface area (Å²) >= 11 is 5.85. The molecule has 0 heterocycles. The van der Waals surface area contributed by atoms with Gasteiger partial charge in [0.2, 0.25) is 10.0 Å². The summed E-state index contributed by atoms with van der Waals surface area (Å²) in [6.07, 6.45) is 0.385. The number of aryl methyl sites for hydroxylation is 1. The van der Waals surface area contributed by atoms with Gasteiger partial charge in [-0.25, -0.2) is 13.1 Å². The topological polar surface area (TPSA) is 66.4 Å². The second-order valence-corrected chi connectivity index (χ2v) is 7.01. The average molecular weight is 306 g/mol. The first kappa shape index (κ1) is 16.4. The van der Waals surface area contributed by atoms with Gasteiger partial charge in [-0.3, -0.25) is 0 Å². The van der Waals surface area contributed by atoms with Crippen LogP contribution < -0.4 is 4.72 Å². The van der Waals surface area contributed by atoms with Crippen LogP contribution in [0.5, 0.6) is 0 Å². The van der Waals surface area contributed by atoms with E-state index in [-0.39, 0.29) is 23.5 Å². The SMILES string of the molecule is Cc1ccc(Cl)cc1S(=O)(=O)NC(CCO)C(C)C. The summed E-state index contributed by atoms with van der Waals surface area (Å²) < 4.78 is 27.3. The molecule has 0 bridgehead atoms. The molecule has 0 aliphatic carbocycles. The van der Waals surface area contributed by atoms with Crippen LogP contribution in [0.1, 0.15) is 25.8 Å². The fourth-order valence-corrected chi connectivity index (χ4v) is 3.72. The van der Waals surface area contributed by atoms with Crippen molar-refractivity contribution in [1.29, 1.82) is 0 Å². The van der Waals surface area contributed by atoms with Gasteiger partial charge in [-0.2, -0.15) is 0 Å². The Balaban J connectivity index is 3.06. The molecule has 0 spiro atoms. The van der Waals surface area contributed by atoms with Gasteiger partial charge in [0, 0.05) is 17.7 Å². The lowest BCUT2D eigenvalue weighted by atomic mass is 10.0. The summed E-state index contributed by atoms with van der Waals surface area (Å²) in [4.78, 5) is 0.184. The zero-order chi connectivity index (χ0) is 14.6. The number of halogens is 1. The Morgan fingerprint density at radius 2 is 2.00 bits per heavy atom. The Morgan fingerprint density at radius 1 is 1.37 bits per heavy atom. The minimum absolute atomic E-state index is 0.0557. The van der Waals surface area contributed by atoms with Crippen molar-refractivity contribution in [3.8, 4) is 0 Å². The fourth-order valence-electron chi connectivity index (χ4n) is 1.79. The standard InChI is InChI=1S/C13H20ClNO3S/c1-9(2)12(6-7-16)15-19(17,18)13-8-11(14)5-4-10(13)3/h4-5,8-9,12,15-16H,6-7H2,1-3H3. The molecule has 6 heteroatoms. The van der Waals surface area contributed by atoms with E-state index in [1.807, 2.05) is 13.8 Å². The minimum Gasteiger partial charge on any atom is -0.396 e. The van der Waals surface area contributed by atoms with E-state index in [0.29, 0.717) is 17.0 Å². The highest BCUT2D eigenvalue weighted by atomic mass is 35.5. The average Bonchev–Trinajstić information content (AvgIpc) is 2.31.